The summed E-state index contributed by atoms with van der Waals surface area (Å²) in [4.78, 5) is 19.2. The van der Waals surface area contributed by atoms with Crippen molar-refractivity contribution in [2.75, 3.05) is 19.6 Å². The summed E-state index contributed by atoms with van der Waals surface area (Å²) in [6.45, 7) is 4.97. The van der Waals surface area contributed by atoms with Crippen LogP contribution in [0.2, 0.25) is 0 Å². The minimum absolute atomic E-state index is 0. The molecule has 1 amide bonds. The fourth-order valence-corrected chi connectivity index (χ4v) is 4.11. The maximum Gasteiger partial charge on any atom is 0.254 e. The van der Waals surface area contributed by atoms with E-state index in [9.17, 15) is 4.79 Å². The molecule has 25 heavy (non-hydrogen) atoms. The minimum atomic E-state index is 0. The SMILES string of the molecule is Cc1ccccc1[C@@H]1[C@H]2CNC[C@H]2CN1C(=O)c1ccncc1.Cl.Cl. The Hall–Kier alpha value is -1.62. The number of carbonyl (C=O) groups excluding carboxylic acids is 1. The van der Waals surface area contributed by atoms with Gasteiger partial charge in [0.25, 0.3) is 5.91 Å². The van der Waals surface area contributed by atoms with E-state index in [0.29, 0.717) is 11.8 Å². The van der Waals surface area contributed by atoms with Gasteiger partial charge in [0.2, 0.25) is 0 Å². The van der Waals surface area contributed by atoms with Crippen LogP contribution in [0, 0.1) is 18.8 Å². The molecule has 3 heterocycles. The standard InChI is InChI=1S/C19H21N3O.2ClH/c1-13-4-2-3-5-16(13)18-17-11-21-10-15(17)12-22(18)19(23)14-6-8-20-9-7-14;;/h2-9,15,17-18,21H,10-12H2,1H3;2*1H/t15-,17-,18+;;/m0../s1. The zero-order valence-electron chi connectivity index (χ0n) is 14.1. The van der Waals surface area contributed by atoms with Crippen LogP contribution in [0.3, 0.4) is 0 Å². The van der Waals surface area contributed by atoms with Crippen LogP contribution in [0.15, 0.2) is 48.8 Å². The van der Waals surface area contributed by atoms with Crippen LogP contribution < -0.4 is 5.32 Å². The van der Waals surface area contributed by atoms with Gasteiger partial charge >= 0.3 is 0 Å². The van der Waals surface area contributed by atoms with Crippen molar-refractivity contribution in [3.05, 3.63) is 65.5 Å². The van der Waals surface area contributed by atoms with E-state index < -0.39 is 0 Å². The number of pyridine rings is 1. The Morgan fingerprint density at radius 3 is 2.56 bits per heavy atom. The number of likely N-dealkylation sites (tertiary alicyclic amines) is 1. The molecule has 1 N–H and O–H groups in total. The Bertz CT molecular complexity index is 726. The van der Waals surface area contributed by atoms with Crippen LogP contribution in [0.1, 0.15) is 27.5 Å². The Labute approximate surface area is 160 Å². The maximum absolute atomic E-state index is 13.1. The van der Waals surface area contributed by atoms with Crippen molar-refractivity contribution in [3.8, 4) is 0 Å². The molecule has 2 aliphatic rings. The van der Waals surface area contributed by atoms with Gasteiger partial charge < -0.3 is 10.2 Å². The number of aromatic nitrogens is 1. The third kappa shape index (κ3) is 3.52. The molecule has 0 bridgehead atoms. The van der Waals surface area contributed by atoms with E-state index in [1.54, 1.807) is 12.4 Å². The molecule has 0 saturated carbocycles. The highest BCUT2D eigenvalue weighted by atomic mass is 35.5. The number of rotatable bonds is 2. The summed E-state index contributed by atoms with van der Waals surface area (Å²) in [6, 6.07) is 12.2. The molecule has 6 heteroatoms. The lowest BCUT2D eigenvalue weighted by molar-refractivity contribution is 0.0713. The normalized spacial score (nSPS) is 24.2. The average molecular weight is 380 g/mol. The lowest BCUT2D eigenvalue weighted by Gasteiger charge is -2.29. The lowest BCUT2D eigenvalue weighted by Crippen LogP contribution is -2.35. The van der Waals surface area contributed by atoms with Crippen molar-refractivity contribution in [3.63, 3.8) is 0 Å². The molecule has 1 aromatic carbocycles. The largest absolute Gasteiger partial charge is 0.331 e. The molecule has 0 radical (unpaired) electrons. The number of nitrogens with one attached hydrogen (secondary N) is 1. The number of hydrogen-bond donors (Lipinski definition) is 1. The van der Waals surface area contributed by atoms with Crippen LogP contribution in [0.5, 0.6) is 0 Å². The summed E-state index contributed by atoms with van der Waals surface area (Å²) < 4.78 is 0. The highest BCUT2D eigenvalue weighted by Crippen LogP contribution is 2.44. The summed E-state index contributed by atoms with van der Waals surface area (Å²) in [7, 11) is 0. The molecule has 2 saturated heterocycles. The van der Waals surface area contributed by atoms with Crippen molar-refractivity contribution in [2.45, 2.75) is 13.0 Å². The van der Waals surface area contributed by atoms with Gasteiger partial charge in [-0.15, -0.1) is 24.8 Å². The summed E-state index contributed by atoms with van der Waals surface area (Å²) in [5.74, 6) is 1.17. The molecule has 2 aliphatic heterocycles. The molecular formula is C19H23Cl2N3O. The average Bonchev–Trinajstić information content (AvgIpc) is 3.17. The highest BCUT2D eigenvalue weighted by Gasteiger charge is 2.47. The van der Waals surface area contributed by atoms with Crippen molar-refractivity contribution in [1.29, 1.82) is 0 Å². The number of fused-ring (bicyclic) bond motifs is 1. The molecule has 0 unspecified atom stereocenters. The smallest absolute Gasteiger partial charge is 0.254 e. The second-order valence-corrected chi connectivity index (χ2v) is 6.58. The molecule has 0 aliphatic carbocycles. The van der Waals surface area contributed by atoms with Gasteiger partial charge in [-0.2, -0.15) is 0 Å². The van der Waals surface area contributed by atoms with Gasteiger partial charge in [-0.25, -0.2) is 0 Å². The second kappa shape index (κ2) is 8.17. The van der Waals surface area contributed by atoms with Gasteiger partial charge in [0.05, 0.1) is 6.04 Å². The summed E-state index contributed by atoms with van der Waals surface area (Å²) in [5.41, 5.74) is 3.27. The molecule has 4 rings (SSSR count). The molecule has 4 nitrogen and oxygen atoms in total. The zero-order chi connectivity index (χ0) is 15.8. The highest BCUT2D eigenvalue weighted by molar-refractivity contribution is 5.94. The van der Waals surface area contributed by atoms with E-state index in [1.807, 2.05) is 12.1 Å². The van der Waals surface area contributed by atoms with Crippen molar-refractivity contribution < 1.29 is 4.79 Å². The predicted octanol–water partition coefficient (Wildman–Crippen LogP) is 3.27. The maximum atomic E-state index is 13.1. The van der Waals surface area contributed by atoms with Crippen LogP contribution >= 0.6 is 24.8 Å². The molecule has 2 fully saturated rings. The first-order chi connectivity index (χ1) is 11.3. The van der Waals surface area contributed by atoms with Gasteiger partial charge in [-0.1, -0.05) is 24.3 Å². The molecule has 134 valence electrons. The first-order valence-electron chi connectivity index (χ1n) is 8.23. The molecular weight excluding hydrogens is 357 g/mol. The van der Waals surface area contributed by atoms with Crippen molar-refractivity contribution in [2.24, 2.45) is 11.8 Å². The van der Waals surface area contributed by atoms with E-state index in [4.69, 9.17) is 0 Å². The zero-order valence-corrected chi connectivity index (χ0v) is 15.7. The van der Waals surface area contributed by atoms with Gasteiger partial charge in [-0.3, -0.25) is 9.78 Å². The number of hydrogen-bond acceptors (Lipinski definition) is 3. The van der Waals surface area contributed by atoms with Crippen LogP contribution in [-0.2, 0) is 0 Å². The van der Waals surface area contributed by atoms with E-state index in [0.717, 1.165) is 25.2 Å². The minimum Gasteiger partial charge on any atom is -0.331 e. The summed E-state index contributed by atoms with van der Waals surface area (Å²) in [6.07, 6.45) is 3.38. The molecule has 3 atom stereocenters. The third-order valence-corrected chi connectivity index (χ3v) is 5.26. The summed E-state index contributed by atoms with van der Waals surface area (Å²) >= 11 is 0. The Morgan fingerprint density at radius 2 is 1.84 bits per heavy atom. The van der Waals surface area contributed by atoms with Gasteiger partial charge in [0.15, 0.2) is 0 Å². The topological polar surface area (TPSA) is 45.2 Å². The third-order valence-electron chi connectivity index (χ3n) is 5.26. The first-order valence-corrected chi connectivity index (χ1v) is 8.23. The van der Waals surface area contributed by atoms with Crippen LogP contribution in [0.4, 0.5) is 0 Å². The van der Waals surface area contributed by atoms with Crippen molar-refractivity contribution in [1.82, 2.24) is 15.2 Å². The molecule has 2 aromatic rings. The Balaban J connectivity index is 0.00000113. The monoisotopic (exact) mass is 379 g/mol. The summed E-state index contributed by atoms with van der Waals surface area (Å²) in [5, 5.41) is 3.49. The van der Waals surface area contributed by atoms with Crippen LogP contribution in [0.25, 0.3) is 0 Å². The molecule has 1 aromatic heterocycles. The fraction of sp³-hybridized carbons (Fsp3) is 0.368. The van der Waals surface area contributed by atoms with Gasteiger partial charge in [-0.05, 0) is 36.1 Å². The number of aryl methyl sites for hydroxylation is 1. The first kappa shape index (κ1) is 19.7. The number of carbonyl (C=O) groups is 1. The number of halogens is 2. The number of amides is 1. The van der Waals surface area contributed by atoms with E-state index >= 15 is 0 Å². The molecule has 0 spiro atoms. The predicted molar refractivity (Wildman–Crippen MR) is 104 cm³/mol. The van der Waals surface area contributed by atoms with Crippen molar-refractivity contribution >= 4 is 30.7 Å². The Morgan fingerprint density at radius 1 is 1.12 bits per heavy atom. The lowest BCUT2D eigenvalue weighted by atomic mass is 9.87. The Kier molecular flexibility index (Phi) is 6.44. The van der Waals surface area contributed by atoms with E-state index in [1.165, 1.54) is 11.1 Å². The van der Waals surface area contributed by atoms with E-state index in [-0.39, 0.29) is 36.8 Å². The number of nitrogens with zero attached hydrogens (tertiary/aromatic N) is 2. The van der Waals surface area contributed by atoms with Gasteiger partial charge in [0, 0.05) is 43.5 Å². The quantitative estimate of drug-likeness (QED) is 0.870. The number of benzene rings is 1. The van der Waals surface area contributed by atoms with Crippen LogP contribution in [-0.4, -0.2) is 35.4 Å². The van der Waals surface area contributed by atoms with E-state index in [2.05, 4.69) is 46.4 Å². The van der Waals surface area contributed by atoms with Gasteiger partial charge in [0.1, 0.15) is 0 Å². The fourth-order valence-electron chi connectivity index (χ4n) is 4.11. The second-order valence-electron chi connectivity index (χ2n) is 6.58.